The molecular weight excluding hydrogens is 284 g/mol. The molecule has 7 nitrogen and oxygen atoms in total. The summed E-state index contributed by atoms with van der Waals surface area (Å²) in [4.78, 5) is 17.1. The third-order valence-corrected chi connectivity index (χ3v) is 3.88. The van der Waals surface area contributed by atoms with Crippen molar-refractivity contribution < 1.29 is 4.79 Å². The molecule has 2 N–H and O–H groups in total. The number of carbonyl (C=O) groups excluding carboxylic acids is 1. The summed E-state index contributed by atoms with van der Waals surface area (Å²) in [7, 11) is 0. The lowest BCUT2D eigenvalue weighted by atomic mass is 10.4. The molecule has 19 heavy (non-hydrogen) atoms. The van der Waals surface area contributed by atoms with E-state index >= 15 is 0 Å². The van der Waals surface area contributed by atoms with Gasteiger partial charge in [0.05, 0.1) is 17.0 Å². The van der Waals surface area contributed by atoms with Crippen molar-refractivity contribution in [3.05, 3.63) is 28.7 Å². The summed E-state index contributed by atoms with van der Waals surface area (Å²) in [6, 6.07) is 3.96. The van der Waals surface area contributed by atoms with E-state index in [1.807, 2.05) is 22.9 Å². The van der Waals surface area contributed by atoms with E-state index in [4.69, 9.17) is 0 Å². The van der Waals surface area contributed by atoms with Gasteiger partial charge < -0.3 is 5.32 Å². The van der Waals surface area contributed by atoms with Gasteiger partial charge in [-0.3, -0.25) is 4.79 Å². The van der Waals surface area contributed by atoms with Crippen LogP contribution in [0.3, 0.4) is 0 Å². The average molecular weight is 292 g/mol. The number of amides is 1. The smallest absolute Gasteiger partial charge is 0.233 e. The molecule has 3 aromatic rings. The number of rotatable bonds is 4. The topological polar surface area (TPSA) is 96.5 Å². The Balaban J connectivity index is 1.65. The summed E-state index contributed by atoms with van der Waals surface area (Å²) >= 11 is 3.00. The van der Waals surface area contributed by atoms with Crippen LogP contribution in [-0.2, 0) is 11.2 Å². The van der Waals surface area contributed by atoms with Gasteiger partial charge in [-0.1, -0.05) is 11.3 Å². The normalized spacial score (nSPS) is 10.5. The van der Waals surface area contributed by atoms with Gasteiger partial charge >= 0.3 is 0 Å². The lowest BCUT2D eigenvalue weighted by Crippen LogP contribution is -2.15. The SMILES string of the molecule is O=C(Cc1nn[nH]n1)Nc1nc(-c2cccs2)cs1. The predicted molar refractivity (Wildman–Crippen MR) is 71.9 cm³/mol. The van der Waals surface area contributed by atoms with E-state index in [0.717, 1.165) is 10.6 Å². The molecule has 0 aliphatic heterocycles. The van der Waals surface area contributed by atoms with Crippen LogP contribution in [0.2, 0.25) is 0 Å². The van der Waals surface area contributed by atoms with Crippen LogP contribution in [0.1, 0.15) is 5.82 Å². The maximum atomic E-state index is 11.7. The molecule has 0 spiro atoms. The Morgan fingerprint density at radius 2 is 2.37 bits per heavy atom. The minimum atomic E-state index is -0.214. The highest BCUT2D eigenvalue weighted by Crippen LogP contribution is 2.28. The van der Waals surface area contributed by atoms with Gasteiger partial charge in [0.25, 0.3) is 0 Å². The van der Waals surface area contributed by atoms with E-state index in [9.17, 15) is 4.79 Å². The number of anilines is 1. The van der Waals surface area contributed by atoms with Gasteiger partial charge in [-0.25, -0.2) is 4.98 Å². The van der Waals surface area contributed by atoms with E-state index < -0.39 is 0 Å². The maximum Gasteiger partial charge on any atom is 0.233 e. The van der Waals surface area contributed by atoms with Crippen LogP contribution < -0.4 is 5.32 Å². The zero-order valence-electron chi connectivity index (χ0n) is 9.53. The van der Waals surface area contributed by atoms with Crippen LogP contribution >= 0.6 is 22.7 Å². The van der Waals surface area contributed by atoms with E-state index in [2.05, 4.69) is 30.9 Å². The van der Waals surface area contributed by atoms with Gasteiger partial charge in [-0.05, 0) is 11.4 Å². The lowest BCUT2D eigenvalue weighted by Gasteiger charge is -1.97. The average Bonchev–Trinajstić information content (AvgIpc) is 3.09. The molecule has 0 atom stereocenters. The Kier molecular flexibility index (Phi) is 3.29. The summed E-state index contributed by atoms with van der Waals surface area (Å²) in [6.45, 7) is 0. The number of H-pyrrole nitrogens is 1. The van der Waals surface area contributed by atoms with Gasteiger partial charge in [-0.15, -0.1) is 32.9 Å². The summed E-state index contributed by atoms with van der Waals surface area (Å²) in [5.41, 5.74) is 0.870. The first-order valence-electron chi connectivity index (χ1n) is 5.33. The molecule has 0 saturated carbocycles. The molecule has 0 bridgehead atoms. The Hall–Kier alpha value is -2.13. The van der Waals surface area contributed by atoms with E-state index in [1.165, 1.54) is 11.3 Å². The number of nitrogens with zero attached hydrogens (tertiary/aromatic N) is 4. The number of aromatic amines is 1. The monoisotopic (exact) mass is 292 g/mol. The molecule has 3 heterocycles. The van der Waals surface area contributed by atoms with Crippen molar-refractivity contribution in [1.29, 1.82) is 0 Å². The standard InChI is InChI=1S/C10H8N6OS2/c17-9(4-8-13-15-16-14-8)12-10-11-6(5-19-10)7-2-1-3-18-7/h1-3,5H,4H2,(H,11,12,17)(H,13,14,15,16). The molecule has 1 amide bonds. The third kappa shape index (κ3) is 2.83. The molecule has 3 aromatic heterocycles. The largest absolute Gasteiger partial charge is 0.302 e. The summed E-state index contributed by atoms with van der Waals surface area (Å²) in [6.07, 6.45) is 0.0738. The molecule has 96 valence electrons. The van der Waals surface area contributed by atoms with Crippen molar-refractivity contribution >= 4 is 33.7 Å². The zero-order valence-corrected chi connectivity index (χ0v) is 11.2. The minimum absolute atomic E-state index is 0.0738. The number of nitrogens with one attached hydrogen (secondary N) is 2. The second kappa shape index (κ2) is 5.24. The van der Waals surface area contributed by atoms with Crippen molar-refractivity contribution in [3.8, 4) is 10.6 Å². The molecule has 0 radical (unpaired) electrons. The van der Waals surface area contributed by atoms with E-state index in [1.54, 1.807) is 11.3 Å². The van der Waals surface area contributed by atoms with Crippen molar-refractivity contribution in [3.63, 3.8) is 0 Å². The second-order valence-electron chi connectivity index (χ2n) is 3.57. The summed E-state index contributed by atoms with van der Waals surface area (Å²) < 4.78 is 0. The summed E-state index contributed by atoms with van der Waals surface area (Å²) in [5.74, 6) is 0.140. The number of hydrogen-bond acceptors (Lipinski definition) is 7. The minimum Gasteiger partial charge on any atom is -0.302 e. The highest BCUT2D eigenvalue weighted by Gasteiger charge is 2.11. The molecule has 0 fully saturated rings. The predicted octanol–water partition coefficient (Wildman–Crippen LogP) is 1.57. The van der Waals surface area contributed by atoms with Crippen molar-refractivity contribution in [2.45, 2.75) is 6.42 Å². The van der Waals surface area contributed by atoms with Crippen molar-refractivity contribution in [2.75, 3.05) is 5.32 Å². The number of thiazole rings is 1. The van der Waals surface area contributed by atoms with Crippen LogP contribution in [0.5, 0.6) is 0 Å². The van der Waals surface area contributed by atoms with Crippen LogP contribution in [0.4, 0.5) is 5.13 Å². The Morgan fingerprint density at radius 1 is 1.42 bits per heavy atom. The van der Waals surface area contributed by atoms with Gasteiger partial charge in [-0.2, -0.15) is 5.21 Å². The second-order valence-corrected chi connectivity index (χ2v) is 5.37. The zero-order chi connectivity index (χ0) is 13.1. The van der Waals surface area contributed by atoms with Crippen LogP contribution in [0.25, 0.3) is 10.6 Å². The Bertz CT molecular complexity index is 660. The quantitative estimate of drug-likeness (QED) is 0.760. The summed E-state index contributed by atoms with van der Waals surface area (Å²) in [5, 5.41) is 20.3. The molecular formula is C10H8N6OS2. The fourth-order valence-corrected chi connectivity index (χ4v) is 2.92. The number of carbonyl (C=O) groups is 1. The van der Waals surface area contributed by atoms with Crippen LogP contribution in [0.15, 0.2) is 22.9 Å². The number of thiophene rings is 1. The highest BCUT2D eigenvalue weighted by atomic mass is 32.1. The van der Waals surface area contributed by atoms with Gasteiger partial charge in [0.1, 0.15) is 0 Å². The first-order valence-corrected chi connectivity index (χ1v) is 7.09. The van der Waals surface area contributed by atoms with Crippen molar-refractivity contribution in [2.24, 2.45) is 0 Å². The van der Waals surface area contributed by atoms with Gasteiger partial charge in [0.2, 0.25) is 5.91 Å². The Labute approximate surface area is 115 Å². The number of tetrazole rings is 1. The molecule has 0 aliphatic carbocycles. The fraction of sp³-hybridized carbons (Fsp3) is 0.100. The first kappa shape index (κ1) is 11.9. The van der Waals surface area contributed by atoms with Gasteiger partial charge in [0.15, 0.2) is 11.0 Å². The first-order chi connectivity index (χ1) is 9.31. The van der Waals surface area contributed by atoms with Gasteiger partial charge in [0, 0.05) is 5.38 Å². The molecule has 3 rings (SSSR count). The molecule has 0 aliphatic rings. The molecule has 0 aromatic carbocycles. The Morgan fingerprint density at radius 3 is 3.11 bits per heavy atom. The number of aromatic nitrogens is 5. The molecule has 0 saturated heterocycles. The highest BCUT2D eigenvalue weighted by molar-refractivity contribution is 7.16. The lowest BCUT2D eigenvalue weighted by molar-refractivity contribution is -0.115. The van der Waals surface area contributed by atoms with Crippen molar-refractivity contribution in [1.82, 2.24) is 25.6 Å². The maximum absolute atomic E-state index is 11.7. The molecule has 9 heteroatoms. The number of hydrogen-bond donors (Lipinski definition) is 2. The van der Waals surface area contributed by atoms with E-state index in [0.29, 0.717) is 11.0 Å². The van der Waals surface area contributed by atoms with Crippen LogP contribution in [-0.4, -0.2) is 31.5 Å². The third-order valence-electron chi connectivity index (χ3n) is 2.23. The van der Waals surface area contributed by atoms with E-state index in [-0.39, 0.29) is 12.3 Å². The fourth-order valence-electron chi connectivity index (χ4n) is 1.43. The van der Waals surface area contributed by atoms with Crippen LogP contribution in [0, 0.1) is 0 Å². The molecule has 0 unspecified atom stereocenters.